The molecule has 4 aliphatic rings. The Morgan fingerprint density at radius 3 is 2.66 bits per heavy atom. The van der Waals surface area contributed by atoms with Crippen molar-refractivity contribution in [1.29, 1.82) is 0 Å². The van der Waals surface area contributed by atoms with Crippen LogP contribution >= 0.6 is 0 Å². The molecule has 2 atom stereocenters. The van der Waals surface area contributed by atoms with Crippen molar-refractivity contribution in [3.63, 3.8) is 0 Å². The van der Waals surface area contributed by atoms with E-state index in [1.54, 1.807) is 17.3 Å². The molecule has 0 spiro atoms. The Hall–Kier alpha value is -3.25. The molecular formula is C23H30N8O4. The predicted octanol–water partition coefficient (Wildman–Crippen LogP) is 0.713. The second-order valence-electron chi connectivity index (χ2n) is 9.50. The third-order valence-corrected chi connectivity index (χ3v) is 7.16. The van der Waals surface area contributed by atoms with Crippen LogP contribution in [0.15, 0.2) is 12.4 Å². The maximum atomic E-state index is 12.6. The van der Waals surface area contributed by atoms with Crippen LogP contribution in [0.4, 0.5) is 22.5 Å². The van der Waals surface area contributed by atoms with Gasteiger partial charge in [0.1, 0.15) is 5.82 Å². The largest absolute Gasteiger partial charge is 0.441 e. The molecule has 12 nitrogen and oxygen atoms in total. The molecule has 0 aromatic carbocycles. The SMILES string of the molecule is C[C@H]1COCCN1c1nc(-c2cnc(N)nc2)c2c(n1)N([C@H]1CCN(C(=O)OC3COC3)C1)CC2. The summed E-state index contributed by atoms with van der Waals surface area (Å²) in [4.78, 5) is 37.3. The van der Waals surface area contributed by atoms with Crippen LogP contribution in [0.25, 0.3) is 11.3 Å². The second kappa shape index (κ2) is 9.08. The summed E-state index contributed by atoms with van der Waals surface area (Å²) in [5.41, 5.74) is 8.47. The van der Waals surface area contributed by atoms with E-state index >= 15 is 0 Å². The first kappa shape index (κ1) is 22.2. The quantitative estimate of drug-likeness (QED) is 0.661. The van der Waals surface area contributed by atoms with Crippen LogP contribution in [-0.4, -0.2) is 102 Å². The fourth-order valence-corrected chi connectivity index (χ4v) is 5.14. The number of hydrogen-bond donors (Lipinski definition) is 1. The number of likely N-dealkylation sites (tertiary alicyclic amines) is 1. The topological polar surface area (TPSA) is 132 Å². The van der Waals surface area contributed by atoms with Crippen LogP contribution in [0.5, 0.6) is 0 Å². The molecule has 0 unspecified atom stereocenters. The van der Waals surface area contributed by atoms with E-state index in [-0.39, 0.29) is 30.2 Å². The summed E-state index contributed by atoms with van der Waals surface area (Å²) in [6, 6.07) is 0.334. The van der Waals surface area contributed by atoms with Crippen molar-refractivity contribution in [2.45, 2.75) is 38.0 Å². The van der Waals surface area contributed by atoms with Gasteiger partial charge in [-0.25, -0.2) is 19.7 Å². The number of nitrogens with two attached hydrogens (primary N) is 1. The molecule has 0 radical (unpaired) electrons. The first-order valence-corrected chi connectivity index (χ1v) is 12.2. The molecule has 0 aliphatic carbocycles. The molecular weight excluding hydrogens is 452 g/mol. The van der Waals surface area contributed by atoms with E-state index in [2.05, 4.69) is 26.7 Å². The highest BCUT2D eigenvalue weighted by Crippen LogP contribution is 2.38. The van der Waals surface area contributed by atoms with Gasteiger partial charge in [-0.3, -0.25) is 0 Å². The molecule has 6 rings (SSSR count). The van der Waals surface area contributed by atoms with Crippen LogP contribution in [-0.2, 0) is 20.6 Å². The van der Waals surface area contributed by atoms with Gasteiger partial charge in [-0.15, -0.1) is 0 Å². The highest BCUT2D eigenvalue weighted by Gasteiger charge is 2.38. The van der Waals surface area contributed by atoms with Crippen molar-refractivity contribution in [2.24, 2.45) is 0 Å². The average Bonchev–Trinajstić information content (AvgIpc) is 3.49. The zero-order valence-electron chi connectivity index (χ0n) is 19.8. The number of carbonyl (C=O) groups is 1. The number of hydrogen-bond acceptors (Lipinski definition) is 11. The van der Waals surface area contributed by atoms with Crippen molar-refractivity contribution in [3.8, 4) is 11.3 Å². The monoisotopic (exact) mass is 482 g/mol. The zero-order valence-corrected chi connectivity index (χ0v) is 19.8. The van der Waals surface area contributed by atoms with Gasteiger partial charge in [0.15, 0.2) is 6.10 Å². The molecule has 3 fully saturated rings. The van der Waals surface area contributed by atoms with E-state index in [9.17, 15) is 4.79 Å². The number of nitrogen functional groups attached to an aromatic ring is 1. The van der Waals surface area contributed by atoms with Gasteiger partial charge in [-0.2, -0.15) is 4.98 Å². The van der Waals surface area contributed by atoms with Gasteiger partial charge in [0.25, 0.3) is 0 Å². The maximum Gasteiger partial charge on any atom is 0.410 e. The van der Waals surface area contributed by atoms with Crippen molar-refractivity contribution < 1.29 is 19.0 Å². The van der Waals surface area contributed by atoms with Gasteiger partial charge in [0.05, 0.1) is 38.2 Å². The van der Waals surface area contributed by atoms with E-state index in [1.807, 2.05) is 0 Å². The van der Waals surface area contributed by atoms with E-state index in [4.69, 9.17) is 29.9 Å². The van der Waals surface area contributed by atoms with Gasteiger partial charge >= 0.3 is 6.09 Å². The second-order valence-corrected chi connectivity index (χ2v) is 9.50. The lowest BCUT2D eigenvalue weighted by atomic mass is 10.1. The number of morpholine rings is 1. The molecule has 2 aromatic rings. The highest BCUT2D eigenvalue weighted by atomic mass is 16.6. The number of rotatable bonds is 4. The summed E-state index contributed by atoms with van der Waals surface area (Å²) >= 11 is 0. The molecule has 2 aromatic heterocycles. The first-order valence-electron chi connectivity index (χ1n) is 12.2. The van der Waals surface area contributed by atoms with Crippen LogP contribution in [0.1, 0.15) is 18.9 Å². The van der Waals surface area contributed by atoms with Crippen LogP contribution in [0, 0.1) is 0 Å². The van der Waals surface area contributed by atoms with Crippen LogP contribution < -0.4 is 15.5 Å². The Bertz CT molecular complexity index is 1100. The zero-order chi connectivity index (χ0) is 23.9. The first-order chi connectivity index (χ1) is 17.1. The molecule has 35 heavy (non-hydrogen) atoms. The van der Waals surface area contributed by atoms with E-state index in [1.165, 1.54) is 0 Å². The number of fused-ring (bicyclic) bond motifs is 1. The summed E-state index contributed by atoms with van der Waals surface area (Å²) in [6.07, 6.45) is 4.74. The van der Waals surface area contributed by atoms with Crippen molar-refractivity contribution in [1.82, 2.24) is 24.8 Å². The minimum Gasteiger partial charge on any atom is -0.441 e. The molecule has 186 valence electrons. The Balaban J connectivity index is 1.30. The Labute approximate surface area is 203 Å². The number of carbonyl (C=O) groups excluding carboxylic acids is 1. The van der Waals surface area contributed by atoms with Gasteiger partial charge < -0.3 is 34.6 Å². The molecule has 6 heterocycles. The van der Waals surface area contributed by atoms with Crippen molar-refractivity contribution in [3.05, 3.63) is 18.0 Å². The number of anilines is 3. The van der Waals surface area contributed by atoms with Gasteiger partial charge in [0, 0.05) is 55.7 Å². The fraction of sp³-hybridized carbons (Fsp3) is 0.609. The summed E-state index contributed by atoms with van der Waals surface area (Å²) in [7, 11) is 0. The number of aromatic nitrogens is 4. The highest BCUT2D eigenvalue weighted by molar-refractivity contribution is 5.73. The number of amides is 1. The lowest BCUT2D eigenvalue weighted by Gasteiger charge is -2.34. The molecule has 1 amide bonds. The smallest absolute Gasteiger partial charge is 0.410 e. The molecule has 12 heteroatoms. The molecule has 0 bridgehead atoms. The Kier molecular flexibility index (Phi) is 5.77. The van der Waals surface area contributed by atoms with Gasteiger partial charge in [-0.1, -0.05) is 0 Å². The summed E-state index contributed by atoms with van der Waals surface area (Å²) in [5, 5.41) is 0. The predicted molar refractivity (Wildman–Crippen MR) is 127 cm³/mol. The van der Waals surface area contributed by atoms with Crippen LogP contribution in [0.2, 0.25) is 0 Å². The summed E-state index contributed by atoms with van der Waals surface area (Å²) < 4.78 is 16.3. The third-order valence-electron chi connectivity index (χ3n) is 7.16. The van der Waals surface area contributed by atoms with E-state index in [0.29, 0.717) is 45.5 Å². The summed E-state index contributed by atoms with van der Waals surface area (Å²) in [5.74, 6) is 1.83. The van der Waals surface area contributed by atoms with Gasteiger partial charge in [0.2, 0.25) is 11.9 Å². The van der Waals surface area contributed by atoms with E-state index < -0.39 is 0 Å². The van der Waals surface area contributed by atoms with Gasteiger partial charge in [-0.05, 0) is 19.8 Å². The third kappa shape index (κ3) is 4.20. The lowest BCUT2D eigenvalue weighted by Crippen LogP contribution is -2.45. The van der Waals surface area contributed by atoms with Crippen LogP contribution in [0.3, 0.4) is 0 Å². The fourth-order valence-electron chi connectivity index (χ4n) is 5.14. The molecule has 4 aliphatic heterocycles. The molecule has 2 N–H and O–H groups in total. The molecule has 3 saturated heterocycles. The Morgan fingerprint density at radius 1 is 1.09 bits per heavy atom. The van der Waals surface area contributed by atoms with E-state index in [0.717, 1.165) is 48.6 Å². The minimum atomic E-state index is -0.259. The summed E-state index contributed by atoms with van der Waals surface area (Å²) in [6.45, 7) is 7.19. The standard InChI is InChI=1S/C23H30N8O4/c1-14-11-33-7-6-30(14)22-27-19(15-8-25-21(24)26-9-15)18-3-5-31(20(18)28-22)16-2-4-29(10-16)23(32)35-17-12-34-13-17/h8-9,14,16-17H,2-7,10-13H2,1H3,(H2,24,25,26)/t14-,16-/m0/s1. The lowest BCUT2D eigenvalue weighted by molar-refractivity contribution is -0.104. The number of nitrogens with zero attached hydrogens (tertiary/aromatic N) is 7. The average molecular weight is 483 g/mol. The van der Waals surface area contributed by atoms with Crippen molar-refractivity contribution >= 4 is 23.8 Å². The Morgan fingerprint density at radius 2 is 1.91 bits per heavy atom. The number of ether oxygens (including phenoxy) is 3. The minimum absolute atomic E-state index is 0.121. The normalized spacial score (nSPS) is 24.4. The maximum absolute atomic E-state index is 12.6. The molecule has 0 saturated carbocycles. The van der Waals surface area contributed by atoms with Crippen molar-refractivity contribution in [2.75, 3.05) is 68.1 Å².